The Kier molecular flexibility index (Phi) is 5.25. The van der Waals surface area contributed by atoms with Gasteiger partial charge in [0, 0.05) is 18.7 Å². The Bertz CT molecular complexity index is 866. The molecule has 0 unspecified atom stereocenters. The highest BCUT2D eigenvalue weighted by Crippen LogP contribution is 2.28. The van der Waals surface area contributed by atoms with Crippen molar-refractivity contribution >= 4 is 18.3 Å². The van der Waals surface area contributed by atoms with Crippen LogP contribution < -0.4 is 15.4 Å². The highest BCUT2D eigenvalue weighted by Gasteiger charge is 2.30. The Morgan fingerprint density at radius 1 is 1.30 bits per heavy atom. The fourth-order valence-electron chi connectivity index (χ4n) is 3.03. The zero-order valence-electron chi connectivity index (χ0n) is 14.6. The molecule has 0 aromatic heterocycles. The predicted molar refractivity (Wildman–Crippen MR) is 96.3 cm³/mol. The van der Waals surface area contributed by atoms with Gasteiger partial charge in [-0.25, -0.2) is 4.79 Å². The lowest BCUT2D eigenvalue weighted by atomic mass is 10.1. The van der Waals surface area contributed by atoms with Gasteiger partial charge in [0.2, 0.25) is 6.41 Å². The van der Waals surface area contributed by atoms with E-state index in [4.69, 9.17) is 4.74 Å². The number of methoxy groups -OCH3 is 1. The number of amides is 4. The summed E-state index contributed by atoms with van der Waals surface area (Å²) in [5.74, 6) is 0.527. The van der Waals surface area contributed by atoms with Gasteiger partial charge in [-0.2, -0.15) is 0 Å². The number of ether oxygens (including phenoxy) is 1. The molecule has 0 saturated carbocycles. The Morgan fingerprint density at radius 3 is 2.70 bits per heavy atom. The van der Waals surface area contributed by atoms with Gasteiger partial charge < -0.3 is 20.1 Å². The van der Waals surface area contributed by atoms with Crippen molar-refractivity contribution in [3.8, 4) is 11.5 Å². The van der Waals surface area contributed by atoms with Crippen molar-refractivity contribution in [3.63, 3.8) is 0 Å². The maximum Gasteiger partial charge on any atom is 0.321 e. The maximum atomic E-state index is 12.7. The molecule has 0 saturated heterocycles. The lowest BCUT2D eigenvalue weighted by Crippen LogP contribution is -2.42. The molecular formula is C19H19N3O5. The van der Waals surface area contributed by atoms with Crippen LogP contribution in [-0.4, -0.2) is 42.0 Å². The number of nitrogens with one attached hydrogen (secondary N) is 2. The molecule has 8 nitrogen and oxygen atoms in total. The summed E-state index contributed by atoms with van der Waals surface area (Å²) in [6.45, 7) is 0.608. The Labute approximate surface area is 155 Å². The summed E-state index contributed by atoms with van der Waals surface area (Å²) in [6.07, 6.45) is 0.284. The van der Waals surface area contributed by atoms with E-state index in [2.05, 4.69) is 5.32 Å². The molecule has 0 fully saturated rings. The van der Waals surface area contributed by atoms with Crippen molar-refractivity contribution in [2.75, 3.05) is 13.7 Å². The molecule has 3 rings (SSSR count). The molecule has 27 heavy (non-hydrogen) atoms. The minimum Gasteiger partial charge on any atom is -0.508 e. The van der Waals surface area contributed by atoms with Crippen LogP contribution in [0.15, 0.2) is 42.5 Å². The molecule has 1 heterocycles. The molecule has 0 radical (unpaired) electrons. The van der Waals surface area contributed by atoms with Crippen LogP contribution in [0.5, 0.6) is 11.5 Å². The van der Waals surface area contributed by atoms with Gasteiger partial charge >= 0.3 is 6.03 Å². The van der Waals surface area contributed by atoms with Gasteiger partial charge in [0.15, 0.2) is 0 Å². The number of fused-ring (bicyclic) bond motifs is 1. The van der Waals surface area contributed by atoms with E-state index >= 15 is 0 Å². The summed E-state index contributed by atoms with van der Waals surface area (Å²) >= 11 is 0. The van der Waals surface area contributed by atoms with Crippen LogP contribution in [0.25, 0.3) is 0 Å². The van der Waals surface area contributed by atoms with Crippen molar-refractivity contribution in [1.82, 2.24) is 15.5 Å². The van der Waals surface area contributed by atoms with Crippen LogP contribution in [0, 0.1) is 0 Å². The average molecular weight is 369 g/mol. The topological polar surface area (TPSA) is 108 Å². The van der Waals surface area contributed by atoms with Crippen LogP contribution in [-0.2, 0) is 11.3 Å². The molecule has 1 aliphatic rings. The number of carbonyl (C=O) groups excluding carboxylic acids is 3. The monoisotopic (exact) mass is 369 g/mol. The lowest BCUT2D eigenvalue weighted by Gasteiger charge is -2.25. The molecule has 4 amide bonds. The van der Waals surface area contributed by atoms with Crippen molar-refractivity contribution < 1.29 is 24.2 Å². The van der Waals surface area contributed by atoms with E-state index in [0.717, 1.165) is 5.56 Å². The molecule has 8 heteroatoms. The first kappa shape index (κ1) is 18.2. The van der Waals surface area contributed by atoms with Crippen LogP contribution in [0.4, 0.5) is 4.79 Å². The SMILES string of the molecule is COc1ccc2c(c1)C(=O)N(C[C@H](NC(=O)NC=O)c1ccc(O)cc1)C2. The number of nitrogens with zero attached hydrogens (tertiary/aromatic N) is 1. The molecule has 0 bridgehead atoms. The largest absolute Gasteiger partial charge is 0.508 e. The number of imide groups is 1. The number of benzene rings is 2. The van der Waals surface area contributed by atoms with Gasteiger partial charge in [-0.15, -0.1) is 0 Å². The zero-order chi connectivity index (χ0) is 19.4. The Hall–Kier alpha value is -3.55. The molecule has 1 atom stereocenters. The van der Waals surface area contributed by atoms with Gasteiger partial charge in [-0.1, -0.05) is 18.2 Å². The number of aromatic hydroxyl groups is 1. The molecule has 140 valence electrons. The van der Waals surface area contributed by atoms with Crippen LogP contribution in [0.2, 0.25) is 0 Å². The molecule has 3 N–H and O–H groups in total. The lowest BCUT2D eigenvalue weighted by molar-refractivity contribution is -0.108. The Morgan fingerprint density at radius 2 is 2.04 bits per heavy atom. The van der Waals surface area contributed by atoms with E-state index in [1.54, 1.807) is 29.2 Å². The van der Waals surface area contributed by atoms with Gasteiger partial charge in [0.1, 0.15) is 11.5 Å². The van der Waals surface area contributed by atoms with Crippen molar-refractivity contribution in [2.24, 2.45) is 0 Å². The summed E-state index contributed by atoms with van der Waals surface area (Å²) in [6, 6.07) is 10.4. The summed E-state index contributed by atoms with van der Waals surface area (Å²) < 4.78 is 5.17. The maximum absolute atomic E-state index is 12.7. The third kappa shape index (κ3) is 4.00. The van der Waals surface area contributed by atoms with Crippen molar-refractivity contribution in [3.05, 3.63) is 59.2 Å². The molecule has 1 aliphatic heterocycles. The third-order valence-electron chi connectivity index (χ3n) is 4.39. The minimum atomic E-state index is -0.672. The predicted octanol–water partition coefficient (Wildman–Crippen LogP) is 1.55. The summed E-state index contributed by atoms with van der Waals surface area (Å²) in [7, 11) is 1.54. The number of hydrogen-bond acceptors (Lipinski definition) is 5. The number of phenolic OH excluding ortho intramolecular Hbond substituents is 1. The molecular weight excluding hydrogens is 350 g/mol. The van der Waals surface area contributed by atoms with Crippen LogP contribution >= 0.6 is 0 Å². The van der Waals surface area contributed by atoms with E-state index in [1.165, 1.54) is 19.2 Å². The number of rotatable bonds is 6. The molecule has 2 aromatic rings. The van der Waals surface area contributed by atoms with Gasteiger partial charge in [0.25, 0.3) is 5.91 Å². The number of carbonyl (C=O) groups is 3. The molecule has 2 aromatic carbocycles. The number of urea groups is 1. The first-order chi connectivity index (χ1) is 13.0. The fraction of sp³-hybridized carbons (Fsp3) is 0.211. The van der Waals surface area contributed by atoms with E-state index < -0.39 is 12.1 Å². The smallest absolute Gasteiger partial charge is 0.321 e. The average Bonchev–Trinajstić information content (AvgIpc) is 2.97. The molecule has 0 spiro atoms. The summed E-state index contributed by atoms with van der Waals surface area (Å²) in [5, 5.41) is 14.2. The second-order valence-corrected chi connectivity index (χ2v) is 6.09. The van der Waals surface area contributed by atoms with E-state index in [9.17, 15) is 19.5 Å². The highest BCUT2D eigenvalue weighted by molar-refractivity contribution is 5.98. The number of phenols is 1. The fourth-order valence-corrected chi connectivity index (χ4v) is 3.03. The van der Waals surface area contributed by atoms with Crippen LogP contribution in [0.3, 0.4) is 0 Å². The van der Waals surface area contributed by atoms with Gasteiger partial charge in [-0.05, 0) is 35.4 Å². The van der Waals surface area contributed by atoms with Crippen molar-refractivity contribution in [1.29, 1.82) is 0 Å². The first-order valence-electron chi connectivity index (χ1n) is 8.27. The number of hydrogen-bond donors (Lipinski definition) is 3. The summed E-state index contributed by atoms with van der Waals surface area (Å²) in [4.78, 5) is 36.7. The second-order valence-electron chi connectivity index (χ2n) is 6.09. The third-order valence-corrected chi connectivity index (χ3v) is 4.39. The highest BCUT2D eigenvalue weighted by atomic mass is 16.5. The first-order valence-corrected chi connectivity index (χ1v) is 8.27. The van der Waals surface area contributed by atoms with Gasteiger partial charge in [0.05, 0.1) is 13.2 Å². The Balaban J connectivity index is 1.81. The van der Waals surface area contributed by atoms with E-state index in [1.807, 2.05) is 11.4 Å². The zero-order valence-corrected chi connectivity index (χ0v) is 14.6. The standard InChI is InChI=1S/C19H19N3O5/c1-27-15-7-4-13-9-22(18(25)16(13)8-15)10-17(21-19(26)20-11-23)12-2-5-14(24)6-3-12/h2-8,11,17,24H,9-10H2,1H3,(H2,20,21,23,26)/t17-/m0/s1. The molecule has 0 aliphatic carbocycles. The van der Waals surface area contributed by atoms with Gasteiger partial charge in [-0.3, -0.25) is 14.9 Å². The second kappa shape index (κ2) is 7.77. The quantitative estimate of drug-likeness (QED) is 0.670. The van der Waals surface area contributed by atoms with E-state index in [-0.39, 0.29) is 24.6 Å². The minimum absolute atomic E-state index is 0.0894. The van der Waals surface area contributed by atoms with Crippen molar-refractivity contribution in [2.45, 2.75) is 12.6 Å². The van der Waals surface area contributed by atoms with Crippen LogP contribution in [0.1, 0.15) is 27.5 Å². The normalized spacial score (nSPS) is 13.7. The van der Waals surface area contributed by atoms with E-state index in [0.29, 0.717) is 23.4 Å². The summed E-state index contributed by atoms with van der Waals surface area (Å²) in [5.41, 5.74) is 2.13.